The van der Waals surface area contributed by atoms with Gasteiger partial charge in [-0.2, -0.15) is 23.4 Å². The Labute approximate surface area is 349 Å². The number of imide groups is 1. The average Bonchev–Trinajstić information content (AvgIpc) is 3.85. The number of nitrogens with one attached hydrogen (secondary N) is 3. The van der Waals surface area contributed by atoms with Crippen LogP contribution in [0, 0.1) is 11.8 Å². The van der Waals surface area contributed by atoms with Crippen LogP contribution in [-0.2, 0) is 20.6 Å². The van der Waals surface area contributed by atoms with E-state index in [1.54, 1.807) is 17.2 Å². The standard InChI is InChI=1S/C40H47F4N11O4.ClH/c41-26-17-27(45)21-53(20-26)33-12-15-54-36(49-33)31(19-47-54)38(58)48-32-22-55(51-35(32)40(42,43)44)29-6-4-24(5-7-29)39(59)52-13-10-23(11-14-52)18-46-28-3-1-2-25(16-28)30-8-9-34(56)50-37(30)57;/h1-3,12,15-16,19,22-24,26-27,29-30,46H,4-11,13-14,17-18,20-21,45H2,(H,48,58)(H,50,56,57);1H/t24?,26-,27-,29?,30?;/m1./s1. The second kappa shape index (κ2) is 17.7. The molecule has 8 rings (SSSR count). The van der Waals surface area contributed by atoms with Crippen LogP contribution in [-0.4, -0.2) is 97.8 Å². The summed E-state index contributed by atoms with van der Waals surface area (Å²) in [4.78, 5) is 59.0. The van der Waals surface area contributed by atoms with Crippen LogP contribution in [0.3, 0.4) is 0 Å². The topological polar surface area (TPSA) is 185 Å². The zero-order chi connectivity index (χ0) is 41.4. The van der Waals surface area contributed by atoms with Crippen LogP contribution in [0.2, 0.25) is 0 Å². The monoisotopic (exact) mass is 857 g/mol. The number of hydrogen-bond acceptors (Lipinski definition) is 10. The predicted molar refractivity (Wildman–Crippen MR) is 215 cm³/mol. The van der Waals surface area contributed by atoms with E-state index in [4.69, 9.17) is 5.73 Å². The quantitative estimate of drug-likeness (QED) is 0.131. The van der Waals surface area contributed by atoms with E-state index in [2.05, 4.69) is 31.1 Å². The Morgan fingerprint density at radius 3 is 2.48 bits per heavy atom. The molecule has 3 saturated heterocycles. The van der Waals surface area contributed by atoms with E-state index in [1.807, 2.05) is 29.2 Å². The van der Waals surface area contributed by atoms with Gasteiger partial charge in [0.2, 0.25) is 17.7 Å². The summed E-state index contributed by atoms with van der Waals surface area (Å²) >= 11 is 0. The van der Waals surface area contributed by atoms with Gasteiger partial charge in [0, 0.05) is 62.6 Å². The first-order valence-corrected chi connectivity index (χ1v) is 20.2. The summed E-state index contributed by atoms with van der Waals surface area (Å²) in [6.07, 6.45) is 2.50. The largest absolute Gasteiger partial charge is 0.437 e. The molecule has 1 unspecified atom stereocenters. The van der Waals surface area contributed by atoms with Crippen LogP contribution in [0.1, 0.15) is 91.4 Å². The highest BCUT2D eigenvalue weighted by Gasteiger charge is 2.40. The molecule has 4 fully saturated rings. The van der Waals surface area contributed by atoms with Gasteiger partial charge in [-0.1, -0.05) is 12.1 Å². The van der Waals surface area contributed by atoms with Gasteiger partial charge in [0.25, 0.3) is 5.91 Å². The van der Waals surface area contributed by atoms with Gasteiger partial charge < -0.3 is 26.2 Å². The number of nitrogens with zero attached hydrogens (tertiary/aromatic N) is 7. The molecule has 4 amide bonds. The Morgan fingerprint density at radius 2 is 1.77 bits per heavy atom. The number of piperidine rings is 3. The Balaban J connectivity index is 0.00000544. The number of aromatic nitrogens is 5. The minimum Gasteiger partial charge on any atom is -0.385 e. The summed E-state index contributed by atoms with van der Waals surface area (Å²) < 4.78 is 59.6. The molecule has 20 heteroatoms. The summed E-state index contributed by atoms with van der Waals surface area (Å²) in [7, 11) is 0. The molecule has 0 bridgehead atoms. The number of hydrogen-bond donors (Lipinski definition) is 4. The molecule has 0 spiro atoms. The highest BCUT2D eigenvalue weighted by atomic mass is 35.5. The highest BCUT2D eigenvalue weighted by Crippen LogP contribution is 2.39. The lowest BCUT2D eigenvalue weighted by molar-refractivity contribution is -0.141. The van der Waals surface area contributed by atoms with E-state index >= 15 is 0 Å². The third kappa shape index (κ3) is 9.36. The first kappa shape index (κ1) is 42.8. The van der Waals surface area contributed by atoms with Gasteiger partial charge >= 0.3 is 6.18 Å². The maximum absolute atomic E-state index is 14.3. The zero-order valence-electron chi connectivity index (χ0n) is 32.7. The first-order valence-electron chi connectivity index (χ1n) is 20.2. The minimum absolute atomic E-state index is 0. The van der Waals surface area contributed by atoms with Crippen LogP contribution in [0.25, 0.3) is 5.65 Å². The van der Waals surface area contributed by atoms with Crippen molar-refractivity contribution in [2.24, 2.45) is 17.6 Å². The van der Waals surface area contributed by atoms with Crippen molar-refractivity contribution in [3.63, 3.8) is 0 Å². The van der Waals surface area contributed by atoms with E-state index in [0.29, 0.717) is 76.4 Å². The van der Waals surface area contributed by atoms with E-state index in [-0.39, 0.29) is 66.1 Å². The van der Waals surface area contributed by atoms with Gasteiger partial charge in [0.1, 0.15) is 17.6 Å². The van der Waals surface area contributed by atoms with Crippen molar-refractivity contribution in [1.82, 2.24) is 34.6 Å². The molecule has 6 heterocycles. The lowest BCUT2D eigenvalue weighted by Crippen LogP contribution is -2.48. The summed E-state index contributed by atoms with van der Waals surface area (Å²) in [5.74, 6) is -1.20. The molecule has 3 aromatic heterocycles. The van der Waals surface area contributed by atoms with E-state index in [0.717, 1.165) is 24.1 Å². The number of carbonyl (C=O) groups is 4. The number of likely N-dealkylation sites (tertiary alicyclic amines) is 1. The normalized spacial score (nSPS) is 24.2. The number of amides is 4. The minimum atomic E-state index is -4.86. The molecule has 0 radical (unpaired) electrons. The Kier molecular flexibility index (Phi) is 12.7. The van der Waals surface area contributed by atoms with Crippen LogP contribution in [0.4, 0.5) is 34.8 Å². The number of carbonyl (C=O) groups excluding carboxylic acids is 4. The fraction of sp³-hybridized carbons (Fsp3) is 0.525. The van der Waals surface area contributed by atoms with Crippen LogP contribution in [0.5, 0.6) is 0 Å². The fourth-order valence-electron chi connectivity index (χ4n) is 8.87. The number of anilines is 3. The van der Waals surface area contributed by atoms with E-state index < -0.39 is 41.7 Å². The Bertz CT molecular complexity index is 2210. The van der Waals surface area contributed by atoms with E-state index in [1.165, 1.54) is 21.6 Å². The SMILES string of the molecule is Cl.N[C@@H]1C[C@@H](F)CN(c2ccn3ncc(C(=O)Nc4cn(C5CCC(C(=O)N6CCC(CNc7cccc(C8CCC(=O)NC8=O)c7)CC6)CC5)nc4C(F)(F)F)c3n2)C1. The number of benzene rings is 1. The molecule has 3 aliphatic heterocycles. The molecule has 1 aromatic carbocycles. The molecule has 4 aromatic rings. The van der Waals surface area contributed by atoms with Gasteiger partial charge in [-0.25, -0.2) is 13.9 Å². The van der Waals surface area contributed by atoms with Crippen molar-refractivity contribution < 1.29 is 36.7 Å². The molecule has 3 atom stereocenters. The molecule has 322 valence electrons. The second-order valence-electron chi connectivity index (χ2n) is 16.2. The van der Waals surface area contributed by atoms with Gasteiger partial charge in [-0.15, -0.1) is 12.4 Å². The molecular weight excluding hydrogens is 810 g/mol. The molecule has 15 nitrogen and oxygen atoms in total. The van der Waals surface area contributed by atoms with E-state index in [9.17, 15) is 36.7 Å². The molecule has 4 aliphatic rings. The van der Waals surface area contributed by atoms with Crippen molar-refractivity contribution in [1.29, 1.82) is 0 Å². The predicted octanol–water partition coefficient (Wildman–Crippen LogP) is 5.10. The van der Waals surface area contributed by atoms with Crippen molar-refractivity contribution >= 4 is 58.9 Å². The van der Waals surface area contributed by atoms with Gasteiger partial charge in [-0.3, -0.25) is 29.2 Å². The van der Waals surface area contributed by atoms with Crippen molar-refractivity contribution in [2.75, 3.05) is 48.3 Å². The number of halogens is 5. The molecule has 1 saturated carbocycles. The summed E-state index contributed by atoms with van der Waals surface area (Å²) in [6, 6.07) is 8.50. The second-order valence-corrected chi connectivity index (χ2v) is 16.2. The number of alkyl halides is 4. The highest BCUT2D eigenvalue weighted by molar-refractivity contribution is 6.08. The first-order chi connectivity index (χ1) is 28.3. The lowest BCUT2D eigenvalue weighted by Gasteiger charge is -2.36. The molecule has 60 heavy (non-hydrogen) atoms. The smallest absolute Gasteiger partial charge is 0.385 e. The maximum Gasteiger partial charge on any atom is 0.437 e. The third-order valence-electron chi connectivity index (χ3n) is 12.1. The van der Waals surface area contributed by atoms with Crippen molar-refractivity contribution in [3.8, 4) is 0 Å². The summed E-state index contributed by atoms with van der Waals surface area (Å²) in [5, 5.41) is 16.3. The lowest BCUT2D eigenvalue weighted by atomic mass is 9.84. The third-order valence-corrected chi connectivity index (χ3v) is 12.1. The molecule has 5 N–H and O–H groups in total. The van der Waals surface area contributed by atoms with Crippen molar-refractivity contribution in [2.45, 2.75) is 88.1 Å². The van der Waals surface area contributed by atoms with Gasteiger partial charge in [0.05, 0.1) is 30.4 Å². The van der Waals surface area contributed by atoms with Gasteiger partial charge in [0.15, 0.2) is 11.3 Å². The fourth-order valence-corrected chi connectivity index (χ4v) is 8.87. The Hall–Kier alpha value is -5.30. The molecular formula is C40H48ClF4N11O4. The number of rotatable bonds is 9. The van der Waals surface area contributed by atoms with Crippen LogP contribution >= 0.6 is 12.4 Å². The maximum atomic E-state index is 14.3. The average molecular weight is 858 g/mol. The van der Waals surface area contributed by atoms with Crippen LogP contribution in [0.15, 0.2) is 48.9 Å². The number of fused-ring (bicyclic) bond motifs is 1. The van der Waals surface area contributed by atoms with Crippen LogP contribution < -0.4 is 26.6 Å². The Morgan fingerprint density at radius 1 is 1.00 bits per heavy atom. The number of nitrogens with two attached hydrogens (primary N) is 1. The zero-order valence-corrected chi connectivity index (χ0v) is 33.6. The molecule has 1 aliphatic carbocycles. The van der Waals surface area contributed by atoms with Crippen molar-refractivity contribution in [3.05, 3.63) is 65.7 Å². The van der Waals surface area contributed by atoms with Gasteiger partial charge in [-0.05, 0) is 81.0 Å². The summed E-state index contributed by atoms with van der Waals surface area (Å²) in [5.41, 5.74) is 6.04. The summed E-state index contributed by atoms with van der Waals surface area (Å²) in [6.45, 7) is 2.38.